The van der Waals surface area contributed by atoms with Crippen molar-refractivity contribution in [2.24, 2.45) is 5.92 Å². The van der Waals surface area contributed by atoms with Gasteiger partial charge in [-0.2, -0.15) is 0 Å². The predicted molar refractivity (Wildman–Crippen MR) is 81.4 cm³/mol. The molecule has 0 radical (unpaired) electrons. The molecule has 6 heteroatoms. The second kappa shape index (κ2) is 5.81. The van der Waals surface area contributed by atoms with Gasteiger partial charge in [-0.05, 0) is 48.8 Å². The van der Waals surface area contributed by atoms with Crippen LogP contribution in [0.15, 0.2) is 28.7 Å². The molecule has 0 saturated carbocycles. The Labute approximate surface area is 128 Å². The summed E-state index contributed by atoms with van der Waals surface area (Å²) >= 11 is 4.85. The molecule has 110 valence electrons. The lowest BCUT2D eigenvalue weighted by atomic mass is 10.1. The van der Waals surface area contributed by atoms with Crippen LogP contribution in [-0.2, 0) is 0 Å². The number of hydrogen-bond acceptors (Lipinski definition) is 4. The Bertz CT molecular complexity index is 689. The molecule has 0 spiro atoms. The summed E-state index contributed by atoms with van der Waals surface area (Å²) in [5, 5.41) is 6.55. The van der Waals surface area contributed by atoms with Crippen molar-refractivity contribution < 1.29 is 9.21 Å². The summed E-state index contributed by atoms with van der Waals surface area (Å²) in [5.41, 5.74) is 1.50. The van der Waals surface area contributed by atoms with Gasteiger partial charge < -0.3 is 9.32 Å². The minimum absolute atomic E-state index is 0.0976. The fraction of sp³-hybridized carbons (Fsp3) is 0.400. The first-order valence-corrected chi connectivity index (χ1v) is 7.53. The molecule has 21 heavy (non-hydrogen) atoms. The van der Waals surface area contributed by atoms with Crippen LogP contribution in [0, 0.1) is 10.8 Å². The molecule has 1 N–H and O–H groups in total. The number of amides is 1. The van der Waals surface area contributed by atoms with E-state index in [0.29, 0.717) is 17.4 Å². The van der Waals surface area contributed by atoms with Crippen molar-refractivity contribution in [2.45, 2.75) is 19.8 Å². The smallest absolute Gasteiger partial charge is 0.284 e. The zero-order valence-electron chi connectivity index (χ0n) is 11.8. The molecule has 3 rings (SSSR count). The van der Waals surface area contributed by atoms with Crippen molar-refractivity contribution in [3.8, 4) is 11.5 Å². The van der Waals surface area contributed by atoms with Gasteiger partial charge in [0.1, 0.15) is 0 Å². The quantitative estimate of drug-likeness (QED) is 0.884. The molecule has 1 amide bonds. The maximum absolute atomic E-state index is 12.4. The lowest BCUT2D eigenvalue weighted by molar-refractivity contribution is 0.0787. The number of aromatic nitrogens is 2. The van der Waals surface area contributed by atoms with Crippen molar-refractivity contribution in [1.29, 1.82) is 0 Å². The molecule has 5 nitrogen and oxygen atoms in total. The van der Waals surface area contributed by atoms with Crippen molar-refractivity contribution in [3.63, 3.8) is 0 Å². The zero-order chi connectivity index (χ0) is 14.8. The molecule has 1 saturated heterocycles. The van der Waals surface area contributed by atoms with Crippen LogP contribution < -0.4 is 0 Å². The normalized spacial score (nSPS) is 18.1. The number of aromatic amines is 1. The van der Waals surface area contributed by atoms with E-state index in [1.165, 1.54) is 0 Å². The molecule has 2 heterocycles. The molecule has 1 fully saturated rings. The van der Waals surface area contributed by atoms with Gasteiger partial charge >= 0.3 is 0 Å². The van der Waals surface area contributed by atoms with Gasteiger partial charge in [-0.15, -0.1) is 5.10 Å². The molecular formula is C15H17N3O2S. The number of H-pyrrole nitrogens is 1. The zero-order valence-corrected chi connectivity index (χ0v) is 12.7. The van der Waals surface area contributed by atoms with Crippen molar-refractivity contribution >= 4 is 18.1 Å². The highest BCUT2D eigenvalue weighted by atomic mass is 32.1. The standard InChI is InChI=1S/C15H17N3O2S/c1-2-10-7-8-18(9-10)14(19)12-5-3-11(4-6-12)13-16-17-15(21)20-13/h3-6,10H,2,7-9H2,1H3,(H,17,21)/t10-/m0/s1. The van der Waals surface area contributed by atoms with Gasteiger partial charge in [0.2, 0.25) is 5.89 Å². The summed E-state index contributed by atoms with van der Waals surface area (Å²) in [6.45, 7) is 3.90. The molecule has 0 unspecified atom stereocenters. The monoisotopic (exact) mass is 303 g/mol. The lowest BCUT2D eigenvalue weighted by Crippen LogP contribution is -2.28. The number of rotatable bonds is 3. The average molecular weight is 303 g/mol. The minimum Gasteiger partial charge on any atom is -0.409 e. The van der Waals surface area contributed by atoms with E-state index in [2.05, 4.69) is 17.1 Å². The lowest BCUT2D eigenvalue weighted by Gasteiger charge is -2.16. The van der Waals surface area contributed by atoms with Crippen molar-refractivity contribution in [1.82, 2.24) is 15.1 Å². The molecule has 1 atom stereocenters. The number of likely N-dealkylation sites (tertiary alicyclic amines) is 1. The number of benzene rings is 1. The van der Waals surface area contributed by atoms with Gasteiger partial charge in [0.15, 0.2) is 0 Å². The number of nitrogens with zero attached hydrogens (tertiary/aromatic N) is 2. The van der Waals surface area contributed by atoms with Gasteiger partial charge in [0, 0.05) is 24.2 Å². The Morgan fingerprint density at radius 1 is 1.48 bits per heavy atom. The number of carbonyl (C=O) groups excluding carboxylic acids is 1. The maximum Gasteiger partial charge on any atom is 0.284 e. The number of nitrogens with one attached hydrogen (secondary N) is 1. The van der Waals surface area contributed by atoms with Crippen LogP contribution in [0.1, 0.15) is 30.1 Å². The maximum atomic E-state index is 12.4. The third-order valence-electron chi connectivity index (χ3n) is 3.97. The van der Waals surface area contributed by atoms with Crippen LogP contribution in [0.25, 0.3) is 11.5 Å². The van der Waals surface area contributed by atoms with Crippen LogP contribution in [0.3, 0.4) is 0 Å². The molecule has 1 aromatic heterocycles. The minimum atomic E-state index is 0.0976. The Balaban J connectivity index is 1.75. The van der Waals surface area contributed by atoms with Crippen LogP contribution in [0.5, 0.6) is 0 Å². The largest absolute Gasteiger partial charge is 0.409 e. The second-order valence-electron chi connectivity index (χ2n) is 5.31. The second-order valence-corrected chi connectivity index (χ2v) is 5.68. The predicted octanol–water partition coefficient (Wildman–Crippen LogP) is 3.27. The van der Waals surface area contributed by atoms with Gasteiger partial charge in [-0.3, -0.25) is 4.79 Å². The number of hydrogen-bond donors (Lipinski definition) is 1. The van der Waals surface area contributed by atoms with E-state index in [-0.39, 0.29) is 10.7 Å². The average Bonchev–Trinajstić information content (AvgIpc) is 3.15. The topological polar surface area (TPSA) is 62.1 Å². The van der Waals surface area contributed by atoms with E-state index >= 15 is 0 Å². The Morgan fingerprint density at radius 2 is 2.24 bits per heavy atom. The summed E-state index contributed by atoms with van der Waals surface area (Å²) in [6.07, 6.45) is 2.24. The third-order valence-corrected chi connectivity index (χ3v) is 4.14. The molecule has 1 aliphatic heterocycles. The van der Waals surface area contributed by atoms with Crippen LogP contribution >= 0.6 is 12.2 Å². The first-order valence-electron chi connectivity index (χ1n) is 7.12. The number of carbonyl (C=O) groups is 1. The van der Waals surface area contributed by atoms with E-state index in [0.717, 1.165) is 31.5 Å². The van der Waals surface area contributed by atoms with E-state index in [4.69, 9.17) is 16.6 Å². The van der Waals surface area contributed by atoms with E-state index in [1.54, 1.807) is 0 Å². The van der Waals surface area contributed by atoms with E-state index in [9.17, 15) is 4.79 Å². The fourth-order valence-corrected chi connectivity index (χ4v) is 2.77. The SMILES string of the molecule is CC[C@H]1CCN(C(=O)c2ccc(-c3n[nH]c(=S)o3)cc2)C1. The van der Waals surface area contributed by atoms with Crippen molar-refractivity contribution in [3.05, 3.63) is 34.7 Å². The van der Waals surface area contributed by atoms with Crippen molar-refractivity contribution in [2.75, 3.05) is 13.1 Å². The summed E-state index contributed by atoms with van der Waals surface area (Å²) in [4.78, 5) is 14.6. The third kappa shape index (κ3) is 2.90. The highest BCUT2D eigenvalue weighted by Gasteiger charge is 2.25. The van der Waals surface area contributed by atoms with Gasteiger partial charge in [0.05, 0.1) is 0 Å². The molecular weight excluding hydrogens is 286 g/mol. The highest BCUT2D eigenvalue weighted by Crippen LogP contribution is 2.22. The fourth-order valence-electron chi connectivity index (χ4n) is 2.64. The Morgan fingerprint density at radius 3 is 2.81 bits per heavy atom. The van der Waals surface area contributed by atoms with E-state index < -0.39 is 0 Å². The molecule has 1 aromatic carbocycles. The van der Waals surface area contributed by atoms with Gasteiger partial charge in [0.25, 0.3) is 10.7 Å². The molecule has 0 bridgehead atoms. The van der Waals surface area contributed by atoms with Crippen LogP contribution in [-0.4, -0.2) is 34.1 Å². The summed E-state index contributed by atoms with van der Waals surface area (Å²) in [7, 11) is 0. The van der Waals surface area contributed by atoms with Gasteiger partial charge in [-0.1, -0.05) is 13.3 Å². The molecule has 0 aliphatic carbocycles. The Kier molecular flexibility index (Phi) is 3.88. The Hall–Kier alpha value is -1.95. The summed E-state index contributed by atoms with van der Waals surface area (Å²) in [5.74, 6) is 1.17. The molecule has 2 aromatic rings. The first kappa shape index (κ1) is 14.0. The van der Waals surface area contributed by atoms with Gasteiger partial charge in [-0.25, -0.2) is 5.10 Å². The summed E-state index contributed by atoms with van der Waals surface area (Å²) < 4.78 is 5.25. The van der Waals surface area contributed by atoms with E-state index in [1.807, 2.05) is 29.2 Å². The summed E-state index contributed by atoms with van der Waals surface area (Å²) in [6, 6.07) is 7.28. The van der Waals surface area contributed by atoms with Crippen LogP contribution in [0.2, 0.25) is 0 Å². The first-order chi connectivity index (χ1) is 10.2. The molecule has 1 aliphatic rings. The van der Waals surface area contributed by atoms with Crippen LogP contribution in [0.4, 0.5) is 0 Å². The highest BCUT2D eigenvalue weighted by molar-refractivity contribution is 7.71.